The van der Waals surface area contributed by atoms with Crippen molar-refractivity contribution >= 4 is 27.5 Å². The van der Waals surface area contributed by atoms with E-state index in [4.69, 9.17) is 9.57 Å². The van der Waals surface area contributed by atoms with E-state index in [2.05, 4.69) is 36.1 Å². The average Bonchev–Trinajstić information content (AvgIpc) is 3.58. The normalized spacial score (nSPS) is 26.2. The van der Waals surface area contributed by atoms with E-state index in [0.717, 1.165) is 18.4 Å². The predicted octanol–water partition coefficient (Wildman–Crippen LogP) is 4.04. The van der Waals surface area contributed by atoms with Crippen molar-refractivity contribution < 1.29 is 37.8 Å². The van der Waals surface area contributed by atoms with Crippen LogP contribution in [-0.4, -0.2) is 125 Å². The van der Waals surface area contributed by atoms with E-state index in [1.807, 2.05) is 92.6 Å². The quantitative estimate of drug-likeness (QED) is 0.133. The molecule has 0 spiro atoms. The number of sulfonamides is 1. The van der Waals surface area contributed by atoms with Gasteiger partial charge in [-0.2, -0.15) is 5.06 Å². The van der Waals surface area contributed by atoms with Gasteiger partial charge < -0.3 is 35.4 Å². The Morgan fingerprint density at radius 1 is 1.03 bits per heavy atom. The third-order valence-electron chi connectivity index (χ3n) is 13.5. The maximum absolute atomic E-state index is 14.4. The summed E-state index contributed by atoms with van der Waals surface area (Å²) in [5.74, 6) is 0.549. The highest BCUT2D eigenvalue weighted by Gasteiger charge is 2.57. The van der Waals surface area contributed by atoms with Crippen LogP contribution >= 0.6 is 0 Å². The number of fused-ring (bicyclic) bond motifs is 2. The van der Waals surface area contributed by atoms with E-state index >= 15 is 0 Å². The van der Waals surface area contributed by atoms with E-state index in [1.165, 1.54) is 6.42 Å². The molecule has 3 aromatic rings. The van der Waals surface area contributed by atoms with Gasteiger partial charge in [-0.1, -0.05) is 69.3 Å². The minimum atomic E-state index is -3.67. The molecule has 3 aliphatic carbocycles. The molecule has 3 saturated carbocycles. The highest BCUT2D eigenvalue weighted by molar-refractivity contribution is 7.88. The third-order valence-corrected chi connectivity index (χ3v) is 14.2. The highest BCUT2D eigenvalue weighted by atomic mass is 32.2. The minimum Gasteiger partial charge on any atom is -0.496 e. The van der Waals surface area contributed by atoms with Crippen molar-refractivity contribution in [3.8, 4) is 16.9 Å². The van der Waals surface area contributed by atoms with Gasteiger partial charge in [-0.3, -0.25) is 14.4 Å². The van der Waals surface area contributed by atoms with Gasteiger partial charge in [-0.05, 0) is 86.4 Å². The van der Waals surface area contributed by atoms with Crippen molar-refractivity contribution in [1.82, 2.24) is 25.3 Å². The number of nitrogens with zero attached hydrogens (tertiary/aromatic N) is 3. The highest BCUT2D eigenvalue weighted by Crippen LogP contribution is 2.61. The number of nitrogens with one attached hydrogen (secondary N) is 3. The summed E-state index contributed by atoms with van der Waals surface area (Å²) in [7, 11) is 5.39. The molecule has 10 atom stereocenters. The second-order valence-electron chi connectivity index (χ2n) is 18.5. The van der Waals surface area contributed by atoms with E-state index in [0.29, 0.717) is 57.9 Å². The van der Waals surface area contributed by atoms with Gasteiger partial charge in [0.05, 0.1) is 44.7 Å². The summed E-state index contributed by atoms with van der Waals surface area (Å²) < 4.78 is 34.1. The number of ether oxygens (including phenoxy) is 1. The molecule has 7 rings (SSSR count). The summed E-state index contributed by atoms with van der Waals surface area (Å²) >= 11 is 0. The third kappa shape index (κ3) is 10.1. The Kier molecular flexibility index (Phi) is 14.2. The maximum atomic E-state index is 14.4. The molecule has 14 nitrogen and oxygen atoms in total. The Morgan fingerprint density at radius 2 is 1.74 bits per heavy atom. The lowest BCUT2D eigenvalue weighted by Gasteiger charge is -2.62. The Morgan fingerprint density at radius 3 is 2.31 bits per heavy atom. The molecule has 1 heterocycles. The van der Waals surface area contributed by atoms with Crippen LogP contribution in [0.15, 0.2) is 66.7 Å². The molecule has 1 unspecified atom stereocenters. The molecule has 0 radical (unpaired) electrons. The molecule has 5 N–H and O–H groups in total. The Balaban J connectivity index is 1.32. The zero-order valence-corrected chi connectivity index (χ0v) is 38.1. The first kappa shape index (κ1) is 46.4. The van der Waals surface area contributed by atoms with Gasteiger partial charge in [-0.15, -0.1) is 0 Å². The molecule has 61 heavy (non-hydrogen) atoms. The van der Waals surface area contributed by atoms with E-state index in [1.54, 1.807) is 31.2 Å². The molecule has 1 saturated heterocycles. The molecule has 15 heteroatoms. The Hall–Kier alpha value is -4.09. The van der Waals surface area contributed by atoms with Crippen LogP contribution in [0.25, 0.3) is 11.1 Å². The number of carbonyl (C=O) groups is 2. The van der Waals surface area contributed by atoms with Gasteiger partial charge in [0, 0.05) is 55.0 Å². The van der Waals surface area contributed by atoms with Gasteiger partial charge >= 0.3 is 0 Å². The van der Waals surface area contributed by atoms with Crippen molar-refractivity contribution in [2.24, 2.45) is 29.1 Å². The Bertz CT molecular complexity index is 2130. The van der Waals surface area contributed by atoms with Crippen LogP contribution < -0.4 is 25.0 Å². The largest absolute Gasteiger partial charge is 0.496 e. The van der Waals surface area contributed by atoms with E-state index in [9.17, 15) is 28.2 Å². The summed E-state index contributed by atoms with van der Waals surface area (Å²) in [6, 6.07) is 18.1. The zero-order valence-electron chi connectivity index (χ0n) is 37.3. The first-order chi connectivity index (χ1) is 28.7. The fraction of sp³-hybridized carbons (Fsp3) is 0.565. The lowest BCUT2D eigenvalue weighted by atomic mass is 9.45. The second-order valence-corrected chi connectivity index (χ2v) is 20.3. The summed E-state index contributed by atoms with van der Waals surface area (Å²) in [5.41, 5.74) is 4.13. The van der Waals surface area contributed by atoms with Gasteiger partial charge in [0.1, 0.15) is 17.9 Å². The van der Waals surface area contributed by atoms with Crippen LogP contribution in [0.2, 0.25) is 0 Å². The number of rotatable bonds is 17. The molecule has 4 aliphatic rings. The van der Waals surface area contributed by atoms with Crippen LogP contribution in [0.3, 0.4) is 0 Å². The molecule has 3 aromatic carbocycles. The summed E-state index contributed by atoms with van der Waals surface area (Å²) in [5, 5.41) is 29.5. The molecule has 1 aliphatic heterocycles. The van der Waals surface area contributed by atoms with Gasteiger partial charge in [0.25, 0.3) is 5.91 Å². The van der Waals surface area contributed by atoms with Gasteiger partial charge in [-0.25, -0.2) is 13.1 Å². The standard InChI is InChI=1S/C46H66N6O8S/c1-27-36-22-33(46(36,3)4)23-37(27)47-45(56)42-40(28(2)54)39(26-53)60-52(42)24-30-17-14-18-35(43(30)59-9)31-19-32(21-34(20-31)51(7)8)44(55)48-38(25-50(5)6)41(49-61(10,57)58)29-15-12-11-13-16-29/h11-21,27-28,33,36-42,49,53-54H,22-26H2,1-10H3,(H,47,56)(H,48,55)/t27-,28?,33+,36-,37-,38+,39-,40+,41-,42-/m0/s1. The minimum absolute atomic E-state index is 0.000477. The fourth-order valence-electron chi connectivity index (χ4n) is 10.1. The van der Waals surface area contributed by atoms with Crippen LogP contribution in [0, 0.1) is 29.1 Å². The predicted molar refractivity (Wildman–Crippen MR) is 237 cm³/mol. The zero-order chi connectivity index (χ0) is 44.6. The van der Waals surface area contributed by atoms with Crippen molar-refractivity contribution in [3.63, 3.8) is 0 Å². The molecule has 2 bridgehead atoms. The van der Waals surface area contributed by atoms with Crippen molar-refractivity contribution in [1.29, 1.82) is 0 Å². The SMILES string of the molecule is COc1c(CN2O[C@@H](CO)[C@@H](C(C)O)[C@H]2C(=O)N[C@H]2C[C@H]3C[C@@H]([C@@H]2C)C3(C)C)cccc1-c1cc(C(=O)N[C@H](CN(C)C)[C@@H](NS(C)(=O)=O)c2ccccc2)cc(N(C)C)c1. The monoisotopic (exact) mass is 862 g/mol. The van der Waals surface area contributed by atoms with Crippen LogP contribution in [0.5, 0.6) is 5.75 Å². The van der Waals surface area contributed by atoms with Crippen LogP contribution in [0.4, 0.5) is 5.69 Å². The number of anilines is 1. The lowest BCUT2D eigenvalue weighted by molar-refractivity contribution is -0.183. The number of likely N-dealkylation sites (N-methyl/N-ethyl adjacent to an activating group) is 1. The topological polar surface area (TPSA) is 173 Å². The number of hydrogen-bond donors (Lipinski definition) is 5. The maximum Gasteiger partial charge on any atom is 0.251 e. The number of methoxy groups -OCH3 is 1. The first-order valence-electron chi connectivity index (χ1n) is 21.2. The number of hydroxylamine groups is 2. The molecular weight excluding hydrogens is 797 g/mol. The Labute approximate surface area is 362 Å². The molecule has 0 aromatic heterocycles. The van der Waals surface area contributed by atoms with Crippen molar-refractivity contribution in [2.75, 3.05) is 59.6 Å². The smallest absolute Gasteiger partial charge is 0.251 e. The second kappa shape index (κ2) is 18.7. The van der Waals surface area contributed by atoms with Crippen molar-refractivity contribution in [2.45, 2.75) is 83.5 Å². The number of aliphatic hydroxyl groups is 2. The lowest BCUT2D eigenvalue weighted by Crippen LogP contribution is -2.62. The number of hydrogen-bond acceptors (Lipinski definition) is 11. The van der Waals surface area contributed by atoms with Gasteiger partial charge in [0.15, 0.2) is 0 Å². The first-order valence-corrected chi connectivity index (χ1v) is 23.1. The number of carbonyl (C=O) groups excluding carboxylic acids is 2. The molecule has 334 valence electrons. The summed E-state index contributed by atoms with van der Waals surface area (Å²) in [6.45, 7) is 8.56. The van der Waals surface area contributed by atoms with Crippen LogP contribution in [0.1, 0.15) is 68.1 Å². The molecule has 2 amide bonds. The van der Waals surface area contributed by atoms with Crippen molar-refractivity contribution in [3.05, 3.63) is 83.4 Å². The molecule has 4 fully saturated rings. The fourth-order valence-corrected chi connectivity index (χ4v) is 10.9. The number of aliphatic hydroxyl groups excluding tert-OH is 2. The summed E-state index contributed by atoms with van der Waals surface area (Å²) in [4.78, 5) is 38.8. The number of para-hydroxylation sites is 1. The van der Waals surface area contributed by atoms with E-state index in [-0.39, 0.29) is 30.5 Å². The van der Waals surface area contributed by atoms with E-state index < -0.39 is 52.2 Å². The number of amides is 2. The summed E-state index contributed by atoms with van der Waals surface area (Å²) in [6.07, 6.45) is 1.44. The average molecular weight is 863 g/mol. The van der Waals surface area contributed by atoms with Crippen LogP contribution in [-0.2, 0) is 26.2 Å². The van der Waals surface area contributed by atoms with Gasteiger partial charge in [0.2, 0.25) is 15.9 Å². The number of benzene rings is 3. The molecular formula is C46H66N6O8S.